The van der Waals surface area contributed by atoms with Gasteiger partial charge in [0.2, 0.25) is 11.8 Å². The molecule has 3 aromatic rings. The summed E-state index contributed by atoms with van der Waals surface area (Å²) in [5, 5.41) is 5.86. The standard InChI is InChI=1S/C28H34FN5O2/c1-19(2)34(3)25(15-20-7-5-4-6-8-20)28(36)33-18-24(22-10-12-23(29)13-11-22)27(35)32-17-21-9-14-26(30)31-16-21/h4-14,16,19,24-25H,15,17-18H2,1-3H3,(H2,30,31)(H,32,35)(H,33,36)/t24-,25-/m0/s1. The number of pyridine rings is 1. The zero-order valence-electron chi connectivity index (χ0n) is 20.9. The van der Waals surface area contributed by atoms with Gasteiger partial charge in [0.05, 0.1) is 12.0 Å². The van der Waals surface area contributed by atoms with Crippen LogP contribution >= 0.6 is 0 Å². The first kappa shape index (κ1) is 26.8. The number of amides is 2. The SMILES string of the molecule is CC(C)N(C)[C@@H](Cc1ccccc1)C(=O)NC[C@H](C(=O)NCc1ccc(N)nc1)c1ccc(F)cc1. The normalized spacial score (nSPS) is 12.8. The summed E-state index contributed by atoms with van der Waals surface area (Å²) in [4.78, 5) is 32.6. The fourth-order valence-electron chi connectivity index (χ4n) is 3.85. The molecule has 2 atom stereocenters. The van der Waals surface area contributed by atoms with Gasteiger partial charge in [-0.3, -0.25) is 14.5 Å². The number of nitrogens with zero attached hydrogens (tertiary/aromatic N) is 2. The van der Waals surface area contributed by atoms with Crippen molar-refractivity contribution in [2.24, 2.45) is 0 Å². The number of nitrogen functional groups attached to an aromatic ring is 1. The summed E-state index contributed by atoms with van der Waals surface area (Å²) in [5.74, 6) is -1.14. The molecule has 0 radical (unpaired) electrons. The van der Waals surface area contributed by atoms with Crippen molar-refractivity contribution in [1.82, 2.24) is 20.5 Å². The van der Waals surface area contributed by atoms with E-state index in [1.54, 1.807) is 30.5 Å². The summed E-state index contributed by atoms with van der Waals surface area (Å²) >= 11 is 0. The Hall–Kier alpha value is -3.78. The van der Waals surface area contributed by atoms with Crippen molar-refractivity contribution in [2.45, 2.75) is 44.8 Å². The van der Waals surface area contributed by atoms with Gasteiger partial charge in [-0.2, -0.15) is 0 Å². The Bertz CT molecular complexity index is 1120. The van der Waals surface area contributed by atoms with Crippen molar-refractivity contribution in [3.8, 4) is 0 Å². The third kappa shape index (κ3) is 7.61. The third-order valence-corrected chi connectivity index (χ3v) is 6.26. The molecule has 190 valence electrons. The van der Waals surface area contributed by atoms with Crippen molar-refractivity contribution in [2.75, 3.05) is 19.3 Å². The molecule has 0 saturated heterocycles. The van der Waals surface area contributed by atoms with Crippen LogP contribution in [0.5, 0.6) is 0 Å². The molecule has 7 nitrogen and oxygen atoms in total. The number of nitrogens with one attached hydrogen (secondary N) is 2. The lowest BCUT2D eigenvalue weighted by molar-refractivity contribution is -0.127. The van der Waals surface area contributed by atoms with Crippen LogP contribution in [0.1, 0.15) is 36.5 Å². The number of hydrogen-bond donors (Lipinski definition) is 3. The van der Waals surface area contributed by atoms with Gasteiger partial charge >= 0.3 is 0 Å². The molecule has 0 fully saturated rings. The molecule has 0 aliphatic carbocycles. The highest BCUT2D eigenvalue weighted by molar-refractivity contribution is 5.86. The van der Waals surface area contributed by atoms with Gasteiger partial charge in [0.1, 0.15) is 11.6 Å². The second-order valence-electron chi connectivity index (χ2n) is 9.12. The lowest BCUT2D eigenvalue weighted by Gasteiger charge is -2.31. The summed E-state index contributed by atoms with van der Waals surface area (Å²) in [6.45, 7) is 4.40. The zero-order chi connectivity index (χ0) is 26.1. The minimum atomic E-state index is -0.696. The van der Waals surface area contributed by atoms with Gasteiger partial charge in [-0.1, -0.05) is 48.5 Å². The summed E-state index contributed by atoms with van der Waals surface area (Å²) < 4.78 is 13.6. The maximum Gasteiger partial charge on any atom is 0.237 e. The van der Waals surface area contributed by atoms with Gasteiger partial charge < -0.3 is 16.4 Å². The molecule has 36 heavy (non-hydrogen) atoms. The fourth-order valence-corrected chi connectivity index (χ4v) is 3.85. The number of likely N-dealkylation sites (N-methyl/N-ethyl adjacent to an activating group) is 1. The van der Waals surface area contributed by atoms with Crippen LogP contribution in [0.15, 0.2) is 72.9 Å². The van der Waals surface area contributed by atoms with Crippen molar-refractivity contribution < 1.29 is 14.0 Å². The molecule has 8 heteroatoms. The average molecular weight is 492 g/mol. The Morgan fingerprint density at radius 2 is 1.64 bits per heavy atom. The number of hydrogen-bond acceptors (Lipinski definition) is 5. The number of rotatable bonds is 11. The molecule has 0 aliphatic heterocycles. The van der Waals surface area contributed by atoms with E-state index in [0.717, 1.165) is 11.1 Å². The molecule has 0 spiro atoms. The van der Waals surface area contributed by atoms with E-state index >= 15 is 0 Å². The first-order chi connectivity index (χ1) is 17.2. The maximum atomic E-state index is 13.6. The Kier molecular flexibility index (Phi) is 9.53. The monoisotopic (exact) mass is 491 g/mol. The highest BCUT2D eigenvalue weighted by atomic mass is 19.1. The van der Waals surface area contributed by atoms with E-state index in [2.05, 4.69) is 15.6 Å². The third-order valence-electron chi connectivity index (χ3n) is 6.26. The van der Waals surface area contributed by atoms with Gasteiger partial charge in [0.15, 0.2) is 0 Å². The molecule has 2 amide bonds. The largest absolute Gasteiger partial charge is 0.384 e. The number of halogens is 1. The van der Waals surface area contributed by atoms with Gasteiger partial charge in [0, 0.05) is 25.3 Å². The molecule has 1 aromatic heterocycles. The predicted molar refractivity (Wildman–Crippen MR) is 139 cm³/mol. The van der Waals surface area contributed by atoms with E-state index in [9.17, 15) is 14.0 Å². The van der Waals surface area contributed by atoms with Crippen LogP contribution in [0.2, 0.25) is 0 Å². The van der Waals surface area contributed by atoms with E-state index in [0.29, 0.717) is 17.8 Å². The van der Waals surface area contributed by atoms with Gasteiger partial charge in [-0.25, -0.2) is 9.37 Å². The summed E-state index contributed by atoms with van der Waals surface area (Å²) in [6, 6.07) is 18.8. The van der Waals surface area contributed by atoms with Crippen LogP contribution in [0, 0.1) is 5.82 Å². The number of carbonyl (C=O) groups excluding carboxylic acids is 2. The van der Waals surface area contributed by atoms with Crippen molar-refractivity contribution in [1.29, 1.82) is 0 Å². The van der Waals surface area contributed by atoms with Crippen molar-refractivity contribution >= 4 is 17.6 Å². The zero-order valence-corrected chi connectivity index (χ0v) is 20.9. The summed E-state index contributed by atoms with van der Waals surface area (Å²) in [7, 11) is 1.92. The first-order valence-corrected chi connectivity index (χ1v) is 12.0. The highest BCUT2D eigenvalue weighted by Gasteiger charge is 2.28. The minimum Gasteiger partial charge on any atom is -0.384 e. The van der Waals surface area contributed by atoms with E-state index < -0.39 is 17.8 Å². The predicted octanol–water partition coefficient (Wildman–Crippen LogP) is 3.27. The summed E-state index contributed by atoms with van der Waals surface area (Å²) in [6.07, 6.45) is 2.14. The Labute approximate surface area is 211 Å². The minimum absolute atomic E-state index is 0.0769. The first-order valence-electron chi connectivity index (χ1n) is 12.0. The quantitative estimate of drug-likeness (QED) is 0.382. The van der Waals surface area contributed by atoms with Crippen molar-refractivity contribution in [3.63, 3.8) is 0 Å². The lowest BCUT2D eigenvalue weighted by Crippen LogP contribution is -2.50. The molecular formula is C28H34FN5O2. The van der Waals surface area contributed by atoms with Gasteiger partial charge in [0.25, 0.3) is 0 Å². The van der Waals surface area contributed by atoms with Crippen LogP contribution in [0.25, 0.3) is 0 Å². The molecule has 4 N–H and O–H groups in total. The van der Waals surface area contributed by atoms with Crippen LogP contribution in [-0.2, 0) is 22.6 Å². The molecular weight excluding hydrogens is 457 g/mol. The Morgan fingerprint density at radius 3 is 2.25 bits per heavy atom. The smallest absolute Gasteiger partial charge is 0.237 e. The number of carbonyl (C=O) groups is 2. The number of benzene rings is 2. The Balaban J connectivity index is 1.74. The lowest BCUT2D eigenvalue weighted by atomic mass is 9.97. The molecule has 2 aromatic carbocycles. The fraction of sp³-hybridized carbons (Fsp3) is 0.321. The molecule has 0 saturated carbocycles. The molecule has 3 rings (SSSR count). The number of anilines is 1. The number of nitrogens with two attached hydrogens (primary N) is 1. The second-order valence-corrected chi connectivity index (χ2v) is 9.12. The van der Waals surface area contributed by atoms with Gasteiger partial charge in [-0.15, -0.1) is 0 Å². The number of aromatic nitrogens is 1. The van der Waals surface area contributed by atoms with E-state index in [-0.39, 0.29) is 30.9 Å². The molecule has 0 aliphatic rings. The molecule has 0 bridgehead atoms. The Morgan fingerprint density at radius 1 is 0.944 bits per heavy atom. The topological polar surface area (TPSA) is 100 Å². The van der Waals surface area contributed by atoms with Gasteiger partial charge in [-0.05, 0) is 62.2 Å². The van der Waals surface area contributed by atoms with Crippen molar-refractivity contribution in [3.05, 3.63) is 95.4 Å². The van der Waals surface area contributed by atoms with Crippen LogP contribution in [-0.4, -0.2) is 47.4 Å². The van der Waals surface area contributed by atoms with Crippen LogP contribution < -0.4 is 16.4 Å². The van der Waals surface area contributed by atoms with E-state index in [1.165, 1.54) is 12.1 Å². The highest BCUT2D eigenvalue weighted by Crippen LogP contribution is 2.18. The van der Waals surface area contributed by atoms with Crippen LogP contribution in [0.3, 0.4) is 0 Å². The average Bonchev–Trinajstić information content (AvgIpc) is 2.88. The maximum absolute atomic E-state index is 13.6. The second kappa shape index (κ2) is 12.8. The molecule has 1 heterocycles. The molecule has 0 unspecified atom stereocenters. The van der Waals surface area contributed by atoms with E-state index in [4.69, 9.17) is 5.73 Å². The summed E-state index contributed by atoms with van der Waals surface area (Å²) in [5.41, 5.74) is 8.08. The van der Waals surface area contributed by atoms with Crippen LogP contribution in [0.4, 0.5) is 10.2 Å². The van der Waals surface area contributed by atoms with E-state index in [1.807, 2.05) is 56.1 Å².